The van der Waals surface area contributed by atoms with Gasteiger partial charge in [-0.3, -0.25) is 5.14 Å². The van der Waals surface area contributed by atoms with E-state index in [2.05, 4.69) is 5.14 Å². The lowest BCUT2D eigenvalue weighted by Crippen LogP contribution is -2.74. The van der Waals surface area contributed by atoms with Crippen molar-refractivity contribution in [1.82, 2.24) is 0 Å². The van der Waals surface area contributed by atoms with Crippen molar-refractivity contribution in [2.45, 2.75) is 47.0 Å². The van der Waals surface area contributed by atoms with Crippen LogP contribution in [0.1, 0.15) is 0 Å². The van der Waals surface area contributed by atoms with Crippen LogP contribution in [-0.4, -0.2) is 47.0 Å². The summed E-state index contributed by atoms with van der Waals surface area (Å²) >= 11 is -2.15. The summed E-state index contributed by atoms with van der Waals surface area (Å²) in [4.78, 5) is 0. The average molecular weight is 467 g/mol. The van der Waals surface area contributed by atoms with Crippen molar-refractivity contribution in [2.24, 2.45) is 5.14 Å². The molecule has 1 nitrogen and oxygen atoms in total. The zero-order valence-electron chi connectivity index (χ0n) is 11.4. The molecule has 0 aliphatic rings. The van der Waals surface area contributed by atoms with Crippen LogP contribution in [0.2, 0.25) is 0 Å². The number of halogens is 17. The summed E-state index contributed by atoms with van der Waals surface area (Å²) in [6.07, 6.45) is -7.76. The molecule has 0 fully saturated rings. The number of rotatable bonds is 7. The maximum Gasteiger partial charge on any atom is 0.460 e. The molecule has 0 amide bonds. The second-order valence-electron chi connectivity index (χ2n) is 4.58. The van der Waals surface area contributed by atoms with Crippen molar-refractivity contribution >= 4 is 11.9 Å². The van der Waals surface area contributed by atoms with Gasteiger partial charge in [0.25, 0.3) is 0 Å². The van der Waals surface area contributed by atoms with Gasteiger partial charge in [-0.25, -0.2) is 0 Å². The van der Waals surface area contributed by atoms with Crippen molar-refractivity contribution < 1.29 is 74.6 Å². The zero-order chi connectivity index (χ0) is 22.7. The Hall–Kier alpha value is -0.880. The molecule has 0 aromatic rings. The van der Waals surface area contributed by atoms with Gasteiger partial charge in [-0.15, -0.1) is 0 Å². The molecule has 0 unspecified atom stereocenters. The Morgan fingerprint density at radius 1 is 0.370 bits per heavy atom. The first kappa shape index (κ1) is 26.1. The molecule has 2 N–H and O–H groups in total. The van der Waals surface area contributed by atoms with Crippen molar-refractivity contribution in [1.29, 1.82) is 0 Å². The van der Waals surface area contributed by atoms with Gasteiger partial charge in [-0.2, -0.15) is 74.6 Å². The molecule has 0 rings (SSSR count). The highest BCUT2D eigenvalue weighted by molar-refractivity contribution is 7.98. The van der Waals surface area contributed by atoms with Crippen LogP contribution in [-0.2, 0) is 0 Å². The Kier molecular flexibility index (Phi) is 6.11. The third-order valence-electron chi connectivity index (χ3n) is 2.84. The van der Waals surface area contributed by atoms with Gasteiger partial charge in [-0.05, 0) is 11.9 Å². The summed E-state index contributed by atoms with van der Waals surface area (Å²) in [5.41, 5.74) is 0. The first-order valence-electron chi connectivity index (χ1n) is 5.40. The van der Waals surface area contributed by atoms with E-state index >= 15 is 0 Å². The molecule has 0 aliphatic carbocycles. The van der Waals surface area contributed by atoms with Gasteiger partial charge in [-0.1, -0.05) is 0 Å². The molecule has 0 radical (unpaired) electrons. The summed E-state index contributed by atoms with van der Waals surface area (Å²) in [6, 6.07) is 0. The summed E-state index contributed by atoms with van der Waals surface area (Å²) in [7, 11) is 0. The van der Waals surface area contributed by atoms with E-state index in [-0.39, 0.29) is 0 Å². The van der Waals surface area contributed by atoms with Crippen LogP contribution in [0.5, 0.6) is 0 Å². The minimum absolute atomic E-state index is 2.15. The second kappa shape index (κ2) is 6.31. The van der Waals surface area contributed by atoms with Crippen LogP contribution in [0.3, 0.4) is 0 Å². The third-order valence-corrected chi connectivity index (χ3v) is 3.39. The molecular formula is C8H2F17NS. The maximum atomic E-state index is 13.0. The fraction of sp³-hybridized carbons (Fsp3) is 1.00. The first-order chi connectivity index (χ1) is 11.3. The SMILES string of the molecule is NSC(F)(F)C(F)(F)C(F)(F)C(F)(F)C(F)(F)C(F)(F)C(F)(F)C(F)(F)F. The van der Waals surface area contributed by atoms with Gasteiger partial charge in [0.2, 0.25) is 0 Å². The minimum atomic E-state index is -8.61. The number of nitrogens with two attached hydrogens (primary N) is 1. The average Bonchev–Trinajstić information content (AvgIpc) is 2.44. The van der Waals surface area contributed by atoms with Crippen LogP contribution >= 0.6 is 11.9 Å². The highest BCUT2D eigenvalue weighted by Crippen LogP contribution is 2.64. The Morgan fingerprint density at radius 2 is 0.593 bits per heavy atom. The molecule has 0 aromatic carbocycles. The molecule has 19 heteroatoms. The predicted octanol–water partition coefficient (Wildman–Crippen LogP) is 5.56. The van der Waals surface area contributed by atoms with E-state index in [1.807, 2.05) is 0 Å². The monoisotopic (exact) mass is 467 g/mol. The Morgan fingerprint density at radius 3 is 0.815 bits per heavy atom. The molecule has 0 heterocycles. The molecule has 0 saturated carbocycles. The molecule has 0 saturated heterocycles. The highest BCUT2D eigenvalue weighted by atomic mass is 32.2. The van der Waals surface area contributed by atoms with Gasteiger partial charge in [0, 0.05) is 0 Å². The lowest BCUT2D eigenvalue weighted by atomic mass is 9.91. The van der Waals surface area contributed by atoms with Crippen molar-refractivity contribution in [3.8, 4) is 0 Å². The predicted molar refractivity (Wildman–Crippen MR) is 52.5 cm³/mol. The van der Waals surface area contributed by atoms with E-state index in [0.29, 0.717) is 0 Å². The Labute approximate surface area is 140 Å². The zero-order valence-corrected chi connectivity index (χ0v) is 12.2. The Bertz CT molecular complexity index is 548. The van der Waals surface area contributed by atoms with E-state index in [9.17, 15) is 74.6 Å². The number of hydrogen-bond acceptors (Lipinski definition) is 2. The van der Waals surface area contributed by atoms with Crippen molar-refractivity contribution in [2.75, 3.05) is 0 Å². The molecule has 0 bridgehead atoms. The first-order valence-corrected chi connectivity index (χ1v) is 6.28. The van der Waals surface area contributed by atoms with Crippen LogP contribution in [0, 0.1) is 0 Å². The van der Waals surface area contributed by atoms with Gasteiger partial charge in [0.05, 0.1) is 0 Å². The van der Waals surface area contributed by atoms with Crippen molar-refractivity contribution in [3.05, 3.63) is 0 Å². The lowest BCUT2D eigenvalue weighted by molar-refractivity contribution is -0.458. The topological polar surface area (TPSA) is 26.0 Å². The van der Waals surface area contributed by atoms with Gasteiger partial charge in [0.15, 0.2) is 0 Å². The molecular weight excluding hydrogens is 465 g/mol. The molecule has 0 aromatic heterocycles. The molecule has 164 valence electrons. The van der Waals surface area contributed by atoms with E-state index in [1.54, 1.807) is 0 Å². The van der Waals surface area contributed by atoms with E-state index < -0.39 is 58.9 Å². The minimum Gasteiger partial charge on any atom is -0.273 e. The smallest absolute Gasteiger partial charge is 0.273 e. The third kappa shape index (κ3) is 3.17. The Balaban J connectivity index is 6.65. The largest absolute Gasteiger partial charge is 0.460 e. The van der Waals surface area contributed by atoms with Crippen LogP contribution < -0.4 is 5.14 Å². The summed E-state index contributed by atoms with van der Waals surface area (Å²) in [5.74, 6) is -49.8. The highest BCUT2D eigenvalue weighted by Gasteiger charge is 2.95. The van der Waals surface area contributed by atoms with E-state index in [0.717, 1.165) is 0 Å². The quantitative estimate of drug-likeness (QED) is 0.392. The second-order valence-corrected chi connectivity index (χ2v) is 5.33. The molecule has 0 aliphatic heterocycles. The summed E-state index contributed by atoms with van der Waals surface area (Å²) in [6.45, 7) is 0. The normalized spacial score (nSPS) is 16.7. The van der Waals surface area contributed by atoms with Crippen LogP contribution in [0.25, 0.3) is 0 Å². The summed E-state index contributed by atoms with van der Waals surface area (Å²) in [5, 5.41) is -2.81. The maximum absolute atomic E-state index is 13.0. The van der Waals surface area contributed by atoms with Crippen LogP contribution in [0.4, 0.5) is 74.6 Å². The van der Waals surface area contributed by atoms with Crippen molar-refractivity contribution in [3.63, 3.8) is 0 Å². The number of alkyl halides is 17. The standard InChI is InChI=1S/C8H2F17NS/c9-1(10,3(13,14)5(17,18)7(21,22)23)2(11,12)4(15,16)6(19,20)8(24,25)27-26/h26H2. The lowest BCUT2D eigenvalue weighted by Gasteiger charge is -2.42. The van der Waals surface area contributed by atoms with E-state index in [1.165, 1.54) is 0 Å². The molecule has 0 atom stereocenters. The number of hydrogen-bond donors (Lipinski definition) is 1. The molecule has 0 spiro atoms. The van der Waals surface area contributed by atoms with Gasteiger partial charge < -0.3 is 0 Å². The van der Waals surface area contributed by atoms with E-state index in [4.69, 9.17) is 0 Å². The fourth-order valence-corrected chi connectivity index (χ4v) is 1.50. The van der Waals surface area contributed by atoms with Gasteiger partial charge in [0.1, 0.15) is 0 Å². The summed E-state index contributed by atoms with van der Waals surface area (Å²) < 4.78 is 214. The van der Waals surface area contributed by atoms with Gasteiger partial charge >= 0.3 is 47.0 Å². The molecule has 27 heavy (non-hydrogen) atoms. The fourth-order valence-electron chi connectivity index (χ4n) is 1.22. The van der Waals surface area contributed by atoms with Crippen LogP contribution in [0.15, 0.2) is 0 Å².